The molecule has 0 saturated carbocycles. The zero-order chi connectivity index (χ0) is 25.7. The number of hydrogen-bond acceptors (Lipinski definition) is 4. The van der Waals surface area contributed by atoms with Crippen molar-refractivity contribution in [3.05, 3.63) is 30.0 Å². The summed E-state index contributed by atoms with van der Waals surface area (Å²) in [6.45, 7) is 5.16. The van der Waals surface area contributed by atoms with Gasteiger partial charge in [0.15, 0.2) is 0 Å². The van der Waals surface area contributed by atoms with Crippen LogP contribution in [0, 0.1) is 0 Å². The van der Waals surface area contributed by atoms with Crippen molar-refractivity contribution < 1.29 is 14.3 Å². The van der Waals surface area contributed by atoms with Gasteiger partial charge in [-0.1, -0.05) is 90.4 Å². The molecular formula is C31H52N2O3. The van der Waals surface area contributed by atoms with E-state index < -0.39 is 0 Å². The standard InChI is InChI=1S/C31H52N2O3/c1-2-3-4-5-6-7-8-9-10-13-16-22-32-23-17-14-11-12-15-18-31(35)33-24-21-27-26-36-30-20-19-28(34)25-29(27)30/h19-20,25-26,32,34H,2-18,21-24H2,1H3,(H,33,35). The van der Waals surface area contributed by atoms with Crippen molar-refractivity contribution >= 4 is 16.9 Å². The molecule has 3 N–H and O–H groups in total. The number of benzene rings is 1. The molecule has 1 aromatic heterocycles. The number of carbonyl (C=O) groups is 1. The molecule has 0 unspecified atom stereocenters. The van der Waals surface area contributed by atoms with Gasteiger partial charge in [0, 0.05) is 23.9 Å². The number of furan rings is 1. The number of phenolic OH excluding ortho intramolecular Hbond substituents is 1. The monoisotopic (exact) mass is 500 g/mol. The minimum atomic E-state index is 0.124. The van der Waals surface area contributed by atoms with Gasteiger partial charge in [-0.15, -0.1) is 0 Å². The Hall–Kier alpha value is -2.01. The van der Waals surface area contributed by atoms with E-state index >= 15 is 0 Å². The summed E-state index contributed by atoms with van der Waals surface area (Å²) in [5.74, 6) is 0.355. The van der Waals surface area contributed by atoms with Crippen LogP contribution in [0.2, 0.25) is 0 Å². The topological polar surface area (TPSA) is 74.5 Å². The lowest BCUT2D eigenvalue weighted by molar-refractivity contribution is -0.121. The Morgan fingerprint density at radius 1 is 0.778 bits per heavy atom. The summed E-state index contributed by atoms with van der Waals surface area (Å²) < 4.78 is 5.51. The molecule has 0 saturated heterocycles. The van der Waals surface area contributed by atoms with Gasteiger partial charge in [-0.25, -0.2) is 0 Å². The van der Waals surface area contributed by atoms with Gasteiger partial charge in [-0.2, -0.15) is 0 Å². The Labute approximate surface area is 219 Å². The van der Waals surface area contributed by atoms with E-state index in [-0.39, 0.29) is 11.7 Å². The smallest absolute Gasteiger partial charge is 0.220 e. The van der Waals surface area contributed by atoms with Crippen LogP contribution < -0.4 is 10.6 Å². The summed E-state index contributed by atoms with van der Waals surface area (Å²) in [7, 11) is 0. The van der Waals surface area contributed by atoms with Crippen LogP contribution in [-0.4, -0.2) is 30.6 Å². The second-order valence-electron chi connectivity index (χ2n) is 10.3. The highest BCUT2D eigenvalue weighted by Crippen LogP contribution is 2.25. The van der Waals surface area contributed by atoms with E-state index in [2.05, 4.69) is 17.6 Å². The van der Waals surface area contributed by atoms with Crippen LogP contribution in [0.3, 0.4) is 0 Å². The van der Waals surface area contributed by atoms with E-state index in [1.165, 1.54) is 89.9 Å². The van der Waals surface area contributed by atoms with E-state index in [0.717, 1.165) is 42.5 Å². The minimum absolute atomic E-state index is 0.124. The van der Waals surface area contributed by atoms with Gasteiger partial charge < -0.3 is 20.2 Å². The van der Waals surface area contributed by atoms with Crippen molar-refractivity contribution in [3.63, 3.8) is 0 Å². The van der Waals surface area contributed by atoms with Gasteiger partial charge >= 0.3 is 0 Å². The molecule has 1 aromatic carbocycles. The molecule has 5 nitrogen and oxygen atoms in total. The first kappa shape index (κ1) is 30.2. The van der Waals surface area contributed by atoms with Crippen molar-refractivity contribution in [2.75, 3.05) is 19.6 Å². The first-order valence-corrected chi connectivity index (χ1v) is 14.9. The third-order valence-corrected chi connectivity index (χ3v) is 7.07. The zero-order valence-corrected chi connectivity index (χ0v) is 22.9. The highest BCUT2D eigenvalue weighted by Gasteiger charge is 2.07. The normalized spacial score (nSPS) is 11.4. The molecule has 2 rings (SSSR count). The lowest BCUT2D eigenvalue weighted by atomic mass is 10.1. The van der Waals surface area contributed by atoms with Crippen LogP contribution in [0.4, 0.5) is 0 Å². The summed E-state index contributed by atoms with van der Waals surface area (Å²) in [6, 6.07) is 5.10. The van der Waals surface area contributed by atoms with Gasteiger partial charge in [0.1, 0.15) is 11.3 Å². The summed E-state index contributed by atoms with van der Waals surface area (Å²) in [5, 5.41) is 17.2. The number of amides is 1. The van der Waals surface area contributed by atoms with Gasteiger partial charge in [-0.05, 0) is 57.0 Å². The third kappa shape index (κ3) is 13.9. The molecule has 1 heterocycles. The molecule has 0 bridgehead atoms. The summed E-state index contributed by atoms with van der Waals surface area (Å²) in [5.41, 5.74) is 1.77. The van der Waals surface area contributed by atoms with Crippen LogP contribution in [-0.2, 0) is 11.2 Å². The van der Waals surface area contributed by atoms with E-state index in [1.807, 2.05) is 0 Å². The maximum absolute atomic E-state index is 12.1. The van der Waals surface area contributed by atoms with Crippen LogP contribution >= 0.6 is 0 Å². The van der Waals surface area contributed by atoms with E-state index in [1.54, 1.807) is 24.5 Å². The van der Waals surface area contributed by atoms with Gasteiger partial charge in [0.05, 0.1) is 6.26 Å². The van der Waals surface area contributed by atoms with Gasteiger partial charge in [-0.3, -0.25) is 4.79 Å². The Balaban J connectivity index is 1.30. The van der Waals surface area contributed by atoms with E-state index in [0.29, 0.717) is 19.4 Å². The van der Waals surface area contributed by atoms with E-state index in [9.17, 15) is 9.90 Å². The molecule has 0 aliphatic heterocycles. The molecule has 1 amide bonds. The summed E-state index contributed by atoms with van der Waals surface area (Å²) >= 11 is 0. The average molecular weight is 501 g/mol. The number of hydrogen-bond donors (Lipinski definition) is 3. The Morgan fingerprint density at radius 2 is 1.36 bits per heavy atom. The number of nitrogens with one attached hydrogen (secondary N) is 2. The number of unbranched alkanes of at least 4 members (excludes halogenated alkanes) is 14. The Morgan fingerprint density at radius 3 is 2.00 bits per heavy atom. The fraction of sp³-hybridized carbons (Fsp3) is 0.710. The lowest BCUT2D eigenvalue weighted by Gasteiger charge is -2.06. The molecule has 0 radical (unpaired) electrons. The van der Waals surface area contributed by atoms with Crippen molar-refractivity contribution in [2.24, 2.45) is 0 Å². The lowest BCUT2D eigenvalue weighted by Crippen LogP contribution is -2.25. The predicted molar refractivity (Wildman–Crippen MR) is 152 cm³/mol. The summed E-state index contributed by atoms with van der Waals surface area (Å²) in [6.07, 6.45) is 24.2. The molecule has 0 spiro atoms. The van der Waals surface area contributed by atoms with Gasteiger partial charge in [0.25, 0.3) is 0 Å². The SMILES string of the molecule is CCCCCCCCCCCCCNCCCCCCCC(=O)NCCc1coc2ccc(O)cc12. The largest absolute Gasteiger partial charge is 0.508 e. The average Bonchev–Trinajstić information content (AvgIpc) is 3.27. The molecule has 2 aromatic rings. The minimum Gasteiger partial charge on any atom is -0.508 e. The van der Waals surface area contributed by atoms with Crippen molar-refractivity contribution in [1.82, 2.24) is 10.6 Å². The van der Waals surface area contributed by atoms with Crippen molar-refractivity contribution in [3.8, 4) is 5.75 Å². The third-order valence-electron chi connectivity index (χ3n) is 7.07. The first-order valence-electron chi connectivity index (χ1n) is 14.9. The highest BCUT2D eigenvalue weighted by atomic mass is 16.3. The van der Waals surface area contributed by atoms with Gasteiger partial charge in [0.2, 0.25) is 5.91 Å². The molecule has 204 valence electrons. The number of phenols is 1. The van der Waals surface area contributed by atoms with Crippen molar-refractivity contribution in [2.45, 2.75) is 122 Å². The molecular weight excluding hydrogens is 448 g/mol. The van der Waals surface area contributed by atoms with Crippen LogP contribution in [0.1, 0.15) is 122 Å². The maximum Gasteiger partial charge on any atom is 0.220 e. The first-order chi connectivity index (χ1) is 17.7. The maximum atomic E-state index is 12.1. The van der Waals surface area contributed by atoms with E-state index in [4.69, 9.17) is 4.42 Å². The second-order valence-corrected chi connectivity index (χ2v) is 10.3. The number of carbonyl (C=O) groups excluding carboxylic acids is 1. The van der Waals surface area contributed by atoms with Crippen LogP contribution in [0.5, 0.6) is 5.75 Å². The predicted octanol–water partition coefficient (Wildman–Crippen LogP) is 8.04. The molecule has 0 fully saturated rings. The molecule has 36 heavy (non-hydrogen) atoms. The Kier molecular flexibility index (Phi) is 16.9. The quantitative estimate of drug-likeness (QED) is 0.135. The van der Waals surface area contributed by atoms with Crippen molar-refractivity contribution in [1.29, 1.82) is 0 Å². The zero-order valence-electron chi connectivity index (χ0n) is 22.9. The highest BCUT2D eigenvalue weighted by molar-refractivity contribution is 5.82. The summed E-state index contributed by atoms with van der Waals surface area (Å²) in [4.78, 5) is 12.1. The van der Waals surface area contributed by atoms with Crippen LogP contribution in [0.25, 0.3) is 11.0 Å². The number of fused-ring (bicyclic) bond motifs is 1. The Bertz CT molecular complexity index is 817. The fourth-order valence-electron chi connectivity index (χ4n) is 4.79. The number of aromatic hydroxyl groups is 1. The molecule has 0 aliphatic rings. The number of rotatable bonds is 23. The molecule has 0 aliphatic carbocycles. The fourth-order valence-corrected chi connectivity index (χ4v) is 4.79. The van der Waals surface area contributed by atoms with Crippen LogP contribution in [0.15, 0.2) is 28.9 Å². The second kappa shape index (κ2) is 20.1. The molecule has 5 heteroatoms. The molecule has 0 atom stereocenters.